The first-order chi connectivity index (χ1) is 21.0. The van der Waals surface area contributed by atoms with Crippen molar-refractivity contribution >= 4 is 23.7 Å². The molecule has 0 aliphatic rings. The number of carbonyl (C=O) groups is 4. The van der Waals surface area contributed by atoms with Crippen molar-refractivity contribution in [3.8, 4) is 0 Å². The highest BCUT2D eigenvalue weighted by Gasteiger charge is 2.10. The van der Waals surface area contributed by atoms with Crippen LogP contribution in [-0.4, -0.2) is 76.9 Å². The maximum absolute atomic E-state index is 12.1. The smallest absolute Gasteiger partial charge is 0.334 e. The zero-order valence-corrected chi connectivity index (χ0v) is 25.1. The lowest BCUT2D eigenvalue weighted by atomic mass is 10.0. The molecule has 236 valence electrons. The van der Waals surface area contributed by atoms with Gasteiger partial charge in [0.1, 0.15) is 6.61 Å². The van der Waals surface area contributed by atoms with Gasteiger partial charge in [0.05, 0.1) is 39.3 Å². The Morgan fingerprint density at radius 2 is 1.26 bits per heavy atom. The fourth-order valence-corrected chi connectivity index (χ4v) is 3.96. The van der Waals surface area contributed by atoms with Gasteiger partial charge in [-0.15, -0.1) is 0 Å². The van der Waals surface area contributed by atoms with E-state index in [4.69, 9.17) is 19.0 Å². The van der Waals surface area contributed by atoms with Gasteiger partial charge in [0.15, 0.2) is 0 Å². The maximum Gasteiger partial charge on any atom is 0.334 e. The molecule has 2 aromatic rings. The summed E-state index contributed by atoms with van der Waals surface area (Å²) in [5.74, 6) is -1.62. The normalized spacial score (nSPS) is 10.6. The van der Waals surface area contributed by atoms with E-state index in [9.17, 15) is 19.2 Å². The van der Waals surface area contributed by atoms with Crippen molar-refractivity contribution in [2.75, 3.05) is 53.2 Å². The molecule has 0 unspecified atom stereocenters. The summed E-state index contributed by atoms with van der Waals surface area (Å²) in [4.78, 5) is 52.5. The molecule has 11 nitrogen and oxygen atoms in total. The summed E-state index contributed by atoms with van der Waals surface area (Å²) in [5, 5.41) is 5.28. The van der Waals surface area contributed by atoms with E-state index in [-0.39, 0.29) is 44.2 Å². The number of methoxy groups -OCH3 is 1. The SMILES string of the molecule is COCCOCCOCC(=O)NCCCC(=O)NCCC(=O)ONC(=O)Cc1ccc(CCCCc2ccccc2)cc1. The van der Waals surface area contributed by atoms with Crippen LogP contribution in [-0.2, 0) is 57.5 Å². The van der Waals surface area contributed by atoms with Crippen LogP contribution in [0, 0.1) is 0 Å². The Hall–Kier alpha value is -3.80. The molecule has 11 heteroatoms. The van der Waals surface area contributed by atoms with Crippen molar-refractivity contribution < 1.29 is 38.2 Å². The Bertz CT molecular complexity index is 1080. The highest BCUT2D eigenvalue weighted by molar-refractivity contribution is 5.80. The zero-order chi connectivity index (χ0) is 31.0. The summed E-state index contributed by atoms with van der Waals surface area (Å²) in [6, 6.07) is 18.3. The zero-order valence-electron chi connectivity index (χ0n) is 25.1. The molecule has 0 saturated heterocycles. The lowest BCUT2D eigenvalue weighted by Gasteiger charge is -2.08. The predicted molar refractivity (Wildman–Crippen MR) is 161 cm³/mol. The van der Waals surface area contributed by atoms with Crippen molar-refractivity contribution in [2.24, 2.45) is 0 Å². The molecule has 0 aromatic heterocycles. The van der Waals surface area contributed by atoms with Crippen molar-refractivity contribution in [3.63, 3.8) is 0 Å². The summed E-state index contributed by atoms with van der Waals surface area (Å²) < 4.78 is 15.3. The van der Waals surface area contributed by atoms with Crippen LogP contribution in [0.5, 0.6) is 0 Å². The van der Waals surface area contributed by atoms with Gasteiger partial charge in [-0.3, -0.25) is 14.4 Å². The quantitative estimate of drug-likeness (QED) is 0.139. The average Bonchev–Trinajstić information content (AvgIpc) is 3.01. The van der Waals surface area contributed by atoms with E-state index in [1.54, 1.807) is 7.11 Å². The molecule has 0 radical (unpaired) electrons. The van der Waals surface area contributed by atoms with Gasteiger partial charge in [0, 0.05) is 26.6 Å². The fraction of sp³-hybridized carbons (Fsp3) is 0.500. The molecular formula is C32H45N3O8. The molecule has 0 bridgehead atoms. The first kappa shape index (κ1) is 35.4. The van der Waals surface area contributed by atoms with Crippen LogP contribution < -0.4 is 16.1 Å². The van der Waals surface area contributed by atoms with Crippen LogP contribution in [0.3, 0.4) is 0 Å². The van der Waals surface area contributed by atoms with Crippen LogP contribution >= 0.6 is 0 Å². The molecule has 0 aliphatic heterocycles. The Balaban J connectivity index is 1.45. The van der Waals surface area contributed by atoms with Gasteiger partial charge >= 0.3 is 5.97 Å². The number of aryl methyl sites for hydroxylation is 2. The van der Waals surface area contributed by atoms with Gasteiger partial charge < -0.3 is 29.7 Å². The Labute approximate surface area is 253 Å². The summed E-state index contributed by atoms with van der Waals surface area (Å²) in [6.45, 7) is 1.97. The number of nitrogens with one attached hydrogen (secondary N) is 3. The molecule has 3 amide bonds. The number of hydrogen-bond donors (Lipinski definition) is 3. The molecule has 0 atom stereocenters. The second kappa shape index (κ2) is 22.8. The second-order valence-corrected chi connectivity index (χ2v) is 9.90. The molecule has 2 aromatic carbocycles. The van der Waals surface area contributed by atoms with E-state index in [2.05, 4.69) is 40.4 Å². The minimum absolute atomic E-state index is 0.0764. The number of carbonyl (C=O) groups excluding carboxylic acids is 4. The highest BCUT2D eigenvalue weighted by atomic mass is 16.7. The van der Waals surface area contributed by atoms with E-state index in [0.717, 1.165) is 31.2 Å². The topological polar surface area (TPSA) is 141 Å². The number of hydroxylamine groups is 1. The van der Waals surface area contributed by atoms with Gasteiger partial charge in [-0.25, -0.2) is 4.79 Å². The first-order valence-electron chi connectivity index (χ1n) is 14.7. The van der Waals surface area contributed by atoms with Crippen LogP contribution in [0.25, 0.3) is 0 Å². The summed E-state index contributed by atoms with van der Waals surface area (Å²) in [7, 11) is 1.59. The number of rotatable bonds is 22. The molecule has 0 fully saturated rings. The summed E-state index contributed by atoms with van der Waals surface area (Å²) in [5.41, 5.74) is 5.55. The number of amides is 3. The number of unbranched alkanes of at least 4 members (excludes halogenated alkanes) is 1. The lowest BCUT2D eigenvalue weighted by molar-refractivity contribution is -0.158. The Kier molecular flexibility index (Phi) is 18.7. The van der Waals surface area contributed by atoms with Crippen LogP contribution in [0.15, 0.2) is 54.6 Å². The monoisotopic (exact) mass is 599 g/mol. The number of benzene rings is 2. The molecular weight excluding hydrogens is 554 g/mol. The Morgan fingerprint density at radius 3 is 1.98 bits per heavy atom. The van der Waals surface area contributed by atoms with Crippen molar-refractivity contribution in [1.82, 2.24) is 16.1 Å². The van der Waals surface area contributed by atoms with E-state index in [1.807, 2.05) is 30.3 Å². The molecule has 2 rings (SSSR count). The molecule has 0 heterocycles. The van der Waals surface area contributed by atoms with Crippen LogP contribution in [0.4, 0.5) is 0 Å². The third kappa shape index (κ3) is 18.4. The number of ether oxygens (including phenoxy) is 3. The summed E-state index contributed by atoms with van der Waals surface area (Å²) >= 11 is 0. The van der Waals surface area contributed by atoms with E-state index in [1.165, 1.54) is 11.1 Å². The standard InChI is InChI=1S/C32H45N3O8/c1-40-20-21-41-22-23-42-25-31(38)33-18-7-12-29(36)34-19-17-32(39)43-35-30(37)24-28-15-13-27(14-16-28)11-6-5-10-26-8-3-2-4-9-26/h2-4,8-9,13-16H,5-7,10-12,17-25H2,1H3,(H,33,38)(H,34,36)(H,35,37). The second-order valence-electron chi connectivity index (χ2n) is 9.90. The van der Waals surface area contributed by atoms with Gasteiger partial charge in [-0.2, -0.15) is 5.48 Å². The van der Waals surface area contributed by atoms with Gasteiger partial charge in [0.2, 0.25) is 11.8 Å². The minimum atomic E-state index is -0.657. The van der Waals surface area contributed by atoms with Gasteiger partial charge in [0.25, 0.3) is 5.91 Å². The molecule has 3 N–H and O–H groups in total. The van der Waals surface area contributed by atoms with Gasteiger partial charge in [-0.05, 0) is 48.8 Å². The average molecular weight is 600 g/mol. The van der Waals surface area contributed by atoms with Crippen LogP contribution in [0.2, 0.25) is 0 Å². The Morgan fingerprint density at radius 1 is 0.628 bits per heavy atom. The van der Waals surface area contributed by atoms with Crippen molar-refractivity contribution in [3.05, 3.63) is 71.3 Å². The fourth-order valence-electron chi connectivity index (χ4n) is 3.96. The van der Waals surface area contributed by atoms with E-state index < -0.39 is 11.9 Å². The van der Waals surface area contributed by atoms with Gasteiger partial charge in [-0.1, -0.05) is 54.6 Å². The third-order valence-corrected chi connectivity index (χ3v) is 6.28. The predicted octanol–water partition coefficient (Wildman–Crippen LogP) is 2.45. The third-order valence-electron chi connectivity index (χ3n) is 6.28. The van der Waals surface area contributed by atoms with Crippen LogP contribution in [0.1, 0.15) is 48.8 Å². The molecule has 0 saturated carbocycles. The summed E-state index contributed by atoms with van der Waals surface area (Å²) in [6.07, 6.45) is 4.88. The first-order valence-corrected chi connectivity index (χ1v) is 14.7. The molecule has 0 aliphatic carbocycles. The van der Waals surface area contributed by atoms with Crippen molar-refractivity contribution in [1.29, 1.82) is 0 Å². The molecule has 43 heavy (non-hydrogen) atoms. The number of hydrogen-bond acceptors (Lipinski definition) is 8. The lowest BCUT2D eigenvalue weighted by Crippen LogP contribution is -2.32. The molecule has 0 spiro atoms. The van der Waals surface area contributed by atoms with E-state index in [0.29, 0.717) is 39.4 Å². The van der Waals surface area contributed by atoms with E-state index >= 15 is 0 Å². The minimum Gasteiger partial charge on any atom is -0.382 e. The largest absolute Gasteiger partial charge is 0.382 e. The maximum atomic E-state index is 12.1. The van der Waals surface area contributed by atoms with Crippen molar-refractivity contribution in [2.45, 2.75) is 51.4 Å². The highest BCUT2D eigenvalue weighted by Crippen LogP contribution is 2.11.